The van der Waals surface area contributed by atoms with Crippen LogP contribution in [0.2, 0.25) is 0 Å². The molecule has 2 aromatic carbocycles. The molecule has 0 saturated carbocycles. The summed E-state index contributed by atoms with van der Waals surface area (Å²) in [4.78, 5) is 25.1. The van der Waals surface area contributed by atoms with Crippen molar-refractivity contribution in [1.82, 2.24) is 4.90 Å². The Hall–Kier alpha value is -2.82. The number of ether oxygens (including phenoxy) is 1. The molecule has 0 heterocycles. The fraction of sp³-hybridized carbons (Fsp3) is 0.300. The van der Waals surface area contributed by atoms with E-state index in [1.807, 2.05) is 37.3 Å². The van der Waals surface area contributed by atoms with Crippen molar-refractivity contribution >= 4 is 11.9 Å². The van der Waals surface area contributed by atoms with Gasteiger partial charge < -0.3 is 14.7 Å². The van der Waals surface area contributed by atoms with Crippen molar-refractivity contribution in [1.29, 1.82) is 0 Å². The summed E-state index contributed by atoms with van der Waals surface area (Å²) in [6.45, 7) is 5.75. The van der Waals surface area contributed by atoms with Crippen molar-refractivity contribution in [3.8, 4) is 16.9 Å². The van der Waals surface area contributed by atoms with Crippen LogP contribution in [0.3, 0.4) is 0 Å². The van der Waals surface area contributed by atoms with Gasteiger partial charge in [0.1, 0.15) is 12.3 Å². The van der Waals surface area contributed by atoms with Crippen LogP contribution in [-0.4, -0.2) is 41.1 Å². The molecule has 0 bridgehead atoms. The first-order valence-corrected chi connectivity index (χ1v) is 8.29. The lowest BCUT2D eigenvalue weighted by molar-refractivity contribution is -0.138. The molecule has 0 fully saturated rings. The van der Waals surface area contributed by atoms with Gasteiger partial charge in [-0.05, 0) is 44.5 Å². The first-order valence-electron chi connectivity index (χ1n) is 8.29. The van der Waals surface area contributed by atoms with Crippen molar-refractivity contribution in [2.24, 2.45) is 0 Å². The van der Waals surface area contributed by atoms with Crippen LogP contribution < -0.4 is 4.74 Å². The second kappa shape index (κ2) is 8.33. The maximum atomic E-state index is 12.7. The Bertz CT molecular complexity index is 755. The molecule has 132 valence electrons. The van der Waals surface area contributed by atoms with Crippen LogP contribution in [0.25, 0.3) is 11.1 Å². The monoisotopic (exact) mass is 341 g/mol. The number of amides is 1. The van der Waals surface area contributed by atoms with Crippen molar-refractivity contribution < 1.29 is 19.4 Å². The van der Waals surface area contributed by atoms with Gasteiger partial charge in [-0.2, -0.15) is 0 Å². The minimum Gasteiger partial charge on any atom is -0.493 e. The van der Waals surface area contributed by atoms with Gasteiger partial charge in [-0.15, -0.1) is 0 Å². The molecule has 0 saturated heterocycles. The minimum absolute atomic E-state index is 0.206. The smallest absolute Gasteiger partial charge is 0.323 e. The summed E-state index contributed by atoms with van der Waals surface area (Å²) in [6.07, 6.45) is 0. The number of hydrogen-bond acceptors (Lipinski definition) is 3. The summed E-state index contributed by atoms with van der Waals surface area (Å²) in [5, 5.41) is 9.05. The van der Waals surface area contributed by atoms with Gasteiger partial charge in [0.25, 0.3) is 5.91 Å². The van der Waals surface area contributed by atoms with E-state index in [-0.39, 0.29) is 18.5 Å². The molecule has 0 aliphatic rings. The number of para-hydroxylation sites is 1. The second-order valence-electron chi connectivity index (χ2n) is 5.93. The molecule has 0 spiro atoms. The zero-order valence-corrected chi connectivity index (χ0v) is 14.7. The number of benzene rings is 2. The van der Waals surface area contributed by atoms with Gasteiger partial charge >= 0.3 is 5.97 Å². The van der Waals surface area contributed by atoms with E-state index in [4.69, 9.17) is 9.84 Å². The SMILES string of the molecule is CCOc1ccccc1-c1cccc(C(=O)N(CC(=O)O)C(C)C)c1. The third-order valence-corrected chi connectivity index (χ3v) is 3.80. The molecule has 0 aliphatic heterocycles. The lowest BCUT2D eigenvalue weighted by atomic mass is 10.0. The Morgan fingerprint density at radius 1 is 1.12 bits per heavy atom. The highest BCUT2D eigenvalue weighted by Gasteiger charge is 2.21. The van der Waals surface area contributed by atoms with Crippen LogP contribution in [0, 0.1) is 0 Å². The Morgan fingerprint density at radius 3 is 2.48 bits per heavy atom. The number of carbonyl (C=O) groups excluding carboxylic acids is 1. The van der Waals surface area contributed by atoms with E-state index in [2.05, 4.69) is 0 Å². The van der Waals surface area contributed by atoms with E-state index in [1.54, 1.807) is 32.0 Å². The number of carboxylic acids is 1. The van der Waals surface area contributed by atoms with Gasteiger partial charge in [-0.1, -0.05) is 30.3 Å². The van der Waals surface area contributed by atoms with Crippen molar-refractivity contribution in [3.63, 3.8) is 0 Å². The highest BCUT2D eigenvalue weighted by atomic mass is 16.5. The molecule has 5 heteroatoms. The second-order valence-corrected chi connectivity index (χ2v) is 5.93. The molecule has 2 aromatic rings. The first kappa shape index (κ1) is 18.5. The van der Waals surface area contributed by atoms with Crippen LogP contribution in [0.5, 0.6) is 5.75 Å². The van der Waals surface area contributed by atoms with Gasteiger partial charge in [0.2, 0.25) is 0 Å². The zero-order chi connectivity index (χ0) is 18.4. The fourth-order valence-corrected chi connectivity index (χ4v) is 2.61. The van der Waals surface area contributed by atoms with Gasteiger partial charge in [-0.3, -0.25) is 9.59 Å². The number of aliphatic carboxylic acids is 1. The molecule has 0 atom stereocenters. The number of rotatable bonds is 7. The summed E-state index contributed by atoms with van der Waals surface area (Å²) < 4.78 is 5.66. The fourth-order valence-electron chi connectivity index (χ4n) is 2.61. The molecular weight excluding hydrogens is 318 g/mol. The topological polar surface area (TPSA) is 66.8 Å². The lowest BCUT2D eigenvalue weighted by Crippen LogP contribution is -2.40. The number of carbonyl (C=O) groups is 2. The van der Waals surface area contributed by atoms with Crippen molar-refractivity contribution in [3.05, 3.63) is 54.1 Å². The van der Waals surface area contributed by atoms with E-state index in [0.717, 1.165) is 16.9 Å². The molecule has 2 rings (SSSR count). The normalized spacial score (nSPS) is 10.6. The zero-order valence-electron chi connectivity index (χ0n) is 14.7. The molecular formula is C20H23NO4. The van der Waals surface area contributed by atoms with E-state index >= 15 is 0 Å². The average molecular weight is 341 g/mol. The summed E-state index contributed by atoms with van der Waals surface area (Å²) >= 11 is 0. The third kappa shape index (κ3) is 4.59. The standard InChI is InChI=1S/C20H23NO4/c1-4-25-18-11-6-5-10-17(18)15-8-7-9-16(12-15)20(24)21(14(2)3)13-19(22)23/h5-12,14H,4,13H2,1-3H3,(H,22,23). The molecule has 1 amide bonds. The van der Waals surface area contributed by atoms with Crippen molar-refractivity contribution in [2.45, 2.75) is 26.8 Å². The Labute approximate surface area is 147 Å². The first-order chi connectivity index (χ1) is 11.9. The van der Waals surface area contributed by atoms with Crippen molar-refractivity contribution in [2.75, 3.05) is 13.2 Å². The summed E-state index contributed by atoms with van der Waals surface area (Å²) in [7, 11) is 0. The maximum absolute atomic E-state index is 12.7. The van der Waals surface area contributed by atoms with E-state index in [0.29, 0.717) is 12.2 Å². The van der Waals surface area contributed by atoms with E-state index < -0.39 is 5.97 Å². The summed E-state index contributed by atoms with van der Waals surface area (Å²) in [6, 6.07) is 14.6. The van der Waals surface area contributed by atoms with E-state index in [9.17, 15) is 9.59 Å². The molecule has 0 aliphatic carbocycles. The largest absolute Gasteiger partial charge is 0.493 e. The molecule has 1 N–H and O–H groups in total. The highest BCUT2D eigenvalue weighted by molar-refractivity contribution is 5.97. The van der Waals surface area contributed by atoms with Crippen LogP contribution in [0.15, 0.2) is 48.5 Å². The van der Waals surface area contributed by atoms with Crippen LogP contribution in [0.1, 0.15) is 31.1 Å². The highest BCUT2D eigenvalue weighted by Crippen LogP contribution is 2.30. The molecule has 25 heavy (non-hydrogen) atoms. The molecule has 0 unspecified atom stereocenters. The molecule has 0 aromatic heterocycles. The Kier molecular flexibility index (Phi) is 6.17. The van der Waals surface area contributed by atoms with Crippen LogP contribution in [0.4, 0.5) is 0 Å². The minimum atomic E-state index is -1.03. The molecule has 5 nitrogen and oxygen atoms in total. The van der Waals surface area contributed by atoms with Gasteiger partial charge in [0.05, 0.1) is 6.61 Å². The summed E-state index contributed by atoms with van der Waals surface area (Å²) in [5.41, 5.74) is 2.21. The van der Waals surface area contributed by atoms with E-state index in [1.165, 1.54) is 4.90 Å². The predicted molar refractivity (Wildman–Crippen MR) is 96.9 cm³/mol. The quantitative estimate of drug-likeness (QED) is 0.834. The lowest BCUT2D eigenvalue weighted by Gasteiger charge is -2.25. The van der Waals surface area contributed by atoms with Crippen LogP contribution >= 0.6 is 0 Å². The van der Waals surface area contributed by atoms with Gasteiger partial charge in [-0.25, -0.2) is 0 Å². The van der Waals surface area contributed by atoms with Crippen LogP contribution in [-0.2, 0) is 4.79 Å². The van der Waals surface area contributed by atoms with Gasteiger partial charge in [0, 0.05) is 17.2 Å². The predicted octanol–water partition coefficient (Wildman–Crippen LogP) is 3.69. The molecule has 0 radical (unpaired) electrons. The Morgan fingerprint density at radius 2 is 1.84 bits per heavy atom. The Balaban J connectivity index is 2.38. The maximum Gasteiger partial charge on any atom is 0.323 e. The van der Waals surface area contributed by atoms with Gasteiger partial charge in [0.15, 0.2) is 0 Å². The number of nitrogens with zero attached hydrogens (tertiary/aromatic N) is 1. The summed E-state index contributed by atoms with van der Waals surface area (Å²) in [5.74, 6) is -0.575. The number of carboxylic acid groups (broad SMARTS) is 1. The third-order valence-electron chi connectivity index (χ3n) is 3.80. The average Bonchev–Trinajstić information content (AvgIpc) is 2.59. The number of hydrogen-bond donors (Lipinski definition) is 1.